The molecule has 0 heterocycles. The molecular weight excluding hydrogens is 258 g/mol. The Bertz CT molecular complexity index is 329. The summed E-state index contributed by atoms with van der Waals surface area (Å²) < 4.78 is 5.27. The molecule has 1 aliphatic rings. The van der Waals surface area contributed by atoms with Crippen molar-refractivity contribution in [3.63, 3.8) is 0 Å². The maximum absolute atomic E-state index is 11.9. The minimum atomic E-state index is -0.822. The van der Waals surface area contributed by atoms with Gasteiger partial charge in [0.1, 0.15) is 5.60 Å². The zero-order valence-electron chi connectivity index (χ0n) is 12.8. The van der Waals surface area contributed by atoms with E-state index in [4.69, 9.17) is 9.84 Å². The van der Waals surface area contributed by atoms with Gasteiger partial charge in [-0.3, -0.25) is 4.79 Å². The lowest BCUT2D eigenvalue weighted by Gasteiger charge is -2.31. The van der Waals surface area contributed by atoms with Crippen LogP contribution in [0.2, 0.25) is 0 Å². The maximum Gasteiger partial charge on any atom is 0.407 e. The number of carboxylic acid groups (broad SMARTS) is 1. The summed E-state index contributed by atoms with van der Waals surface area (Å²) in [6.07, 6.45) is 5.76. The molecule has 0 aromatic rings. The molecule has 0 spiro atoms. The molecule has 1 atom stereocenters. The summed E-state index contributed by atoms with van der Waals surface area (Å²) in [5.41, 5.74) is -0.534. The monoisotopic (exact) mass is 285 g/mol. The van der Waals surface area contributed by atoms with Crippen LogP contribution in [0.3, 0.4) is 0 Å². The van der Waals surface area contributed by atoms with Crippen LogP contribution in [0.25, 0.3) is 0 Å². The van der Waals surface area contributed by atoms with Crippen LogP contribution < -0.4 is 5.32 Å². The summed E-state index contributed by atoms with van der Waals surface area (Å²) in [6.45, 7) is 5.46. The van der Waals surface area contributed by atoms with Crippen molar-refractivity contribution < 1.29 is 19.4 Å². The SMILES string of the molecule is CC(C)(C)OC(=O)NC(CCC(=O)O)C1CCCCC1. The van der Waals surface area contributed by atoms with E-state index in [1.54, 1.807) is 0 Å². The summed E-state index contributed by atoms with van der Waals surface area (Å²) in [4.78, 5) is 22.6. The summed E-state index contributed by atoms with van der Waals surface area (Å²) in [5.74, 6) is -0.451. The molecule has 1 rings (SSSR count). The Morgan fingerprint density at radius 1 is 1.25 bits per heavy atom. The number of rotatable bonds is 5. The molecule has 5 heteroatoms. The first-order valence-corrected chi connectivity index (χ1v) is 7.49. The van der Waals surface area contributed by atoms with Gasteiger partial charge in [-0.1, -0.05) is 19.3 Å². The highest BCUT2D eigenvalue weighted by Crippen LogP contribution is 2.28. The Balaban J connectivity index is 2.56. The molecule has 1 unspecified atom stereocenters. The molecule has 0 bridgehead atoms. The van der Waals surface area contributed by atoms with Crippen molar-refractivity contribution in [3.05, 3.63) is 0 Å². The van der Waals surface area contributed by atoms with E-state index in [1.807, 2.05) is 20.8 Å². The van der Waals surface area contributed by atoms with E-state index >= 15 is 0 Å². The highest BCUT2D eigenvalue weighted by molar-refractivity contribution is 5.69. The Morgan fingerprint density at radius 3 is 2.35 bits per heavy atom. The highest BCUT2D eigenvalue weighted by atomic mass is 16.6. The standard InChI is InChI=1S/C15H27NO4/c1-15(2,3)20-14(19)16-12(9-10-13(17)18)11-7-5-4-6-8-11/h11-12H,4-10H2,1-3H3,(H,16,19)(H,17,18). The van der Waals surface area contributed by atoms with Gasteiger partial charge in [0, 0.05) is 12.5 Å². The zero-order chi connectivity index (χ0) is 15.2. The first-order valence-electron chi connectivity index (χ1n) is 7.49. The Morgan fingerprint density at radius 2 is 1.85 bits per heavy atom. The summed E-state index contributed by atoms with van der Waals surface area (Å²) >= 11 is 0. The number of alkyl carbamates (subject to hydrolysis) is 1. The minimum Gasteiger partial charge on any atom is -0.481 e. The van der Waals surface area contributed by atoms with E-state index in [1.165, 1.54) is 6.42 Å². The molecule has 1 saturated carbocycles. The normalized spacial score (nSPS) is 18.4. The van der Waals surface area contributed by atoms with Crippen LogP contribution in [0.5, 0.6) is 0 Å². The van der Waals surface area contributed by atoms with Gasteiger partial charge in [0.2, 0.25) is 0 Å². The van der Waals surface area contributed by atoms with Crippen molar-refractivity contribution in [2.24, 2.45) is 5.92 Å². The zero-order valence-corrected chi connectivity index (χ0v) is 12.8. The van der Waals surface area contributed by atoms with Gasteiger partial charge in [0.25, 0.3) is 0 Å². The van der Waals surface area contributed by atoms with Gasteiger partial charge in [-0.25, -0.2) is 4.79 Å². The van der Waals surface area contributed by atoms with Gasteiger partial charge in [0.05, 0.1) is 0 Å². The molecule has 116 valence electrons. The van der Waals surface area contributed by atoms with Gasteiger partial charge < -0.3 is 15.2 Å². The number of carboxylic acids is 1. The molecule has 0 radical (unpaired) electrons. The topological polar surface area (TPSA) is 75.6 Å². The fraction of sp³-hybridized carbons (Fsp3) is 0.867. The molecule has 0 aromatic heterocycles. The van der Waals surface area contributed by atoms with E-state index in [-0.39, 0.29) is 12.5 Å². The molecule has 20 heavy (non-hydrogen) atoms. The second-order valence-corrected chi connectivity index (χ2v) is 6.58. The van der Waals surface area contributed by atoms with Gasteiger partial charge in [-0.15, -0.1) is 0 Å². The number of aliphatic carboxylic acids is 1. The van der Waals surface area contributed by atoms with Crippen LogP contribution in [-0.2, 0) is 9.53 Å². The van der Waals surface area contributed by atoms with Crippen molar-refractivity contribution in [2.45, 2.75) is 77.4 Å². The predicted octanol–water partition coefficient (Wildman–Crippen LogP) is 3.32. The fourth-order valence-electron chi connectivity index (χ4n) is 2.70. The van der Waals surface area contributed by atoms with Crippen molar-refractivity contribution in [2.75, 3.05) is 0 Å². The van der Waals surface area contributed by atoms with Crippen LogP contribution >= 0.6 is 0 Å². The van der Waals surface area contributed by atoms with Crippen LogP contribution in [0.4, 0.5) is 4.79 Å². The number of amides is 1. The molecule has 2 N–H and O–H groups in total. The van der Waals surface area contributed by atoms with Crippen molar-refractivity contribution >= 4 is 12.1 Å². The molecule has 0 saturated heterocycles. The molecule has 1 fully saturated rings. The lowest BCUT2D eigenvalue weighted by molar-refractivity contribution is -0.137. The Kier molecular flexibility index (Phi) is 6.30. The van der Waals surface area contributed by atoms with Crippen molar-refractivity contribution in [1.82, 2.24) is 5.32 Å². The second-order valence-electron chi connectivity index (χ2n) is 6.58. The largest absolute Gasteiger partial charge is 0.481 e. The third-order valence-corrected chi connectivity index (χ3v) is 3.59. The average molecular weight is 285 g/mol. The first kappa shape index (κ1) is 16.8. The molecule has 1 amide bonds. The maximum atomic E-state index is 11.9. The van der Waals surface area contributed by atoms with Gasteiger partial charge in [0.15, 0.2) is 0 Å². The fourth-order valence-corrected chi connectivity index (χ4v) is 2.70. The first-order chi connectivity index (χ1) is 9.28. The number of carbonyl (C=O) groups is 2. The van der Waals surface area contributed by atoms with E-state index in [9.17, 15) is 9.59 Å². The van der Waals surface area contributed by atoms with Gasteiger partial charge in [-0.2, -0.15) is 0 Å². The van der Waals surface area contributed by atoms with Crippen LogP contribution in [0.1, 0.15) is 65.7 Å². The Hall–Kier alpha value is -1.26. The minimum absolute atomic E-state index is 0.0803. The van der Waals surface area contributed by atoms with Crippen LogP contribution in [0.15, 0.2) is 0 Å². The van der Waals surface area contributed by atoms with Crippen molar-refractivity contribution in [3.8, 4) is 0 Å². The number of carbonyl (C=O) groups excluding carboxylic acids is 1. The second kappa shape index (κ2) is 7.50. The number of hydrogen-bond acceptors (Lipinski definition) is 3. The third-order valence-electron chi connectivity index (χ3n) is 3.59. The number of nitrogens with one attached hydrogen (secondary N) is 1. The predicted molar refractivity (Wildman–Crippen MR) is 76.6 cm³/mol. The summed E-state index contributed by atoms with van der Waals surface area (Å²) in [7, 11) is 0. The lowest BCUT2D eigenvalue weighted by atomic mass is 9.82. The highest BCUT2D eigenvalue weighted by Gasteiger charge is 2.27. The quantitative estimate of drug-likeness (QED) is 0.812. The molecule has 1 aliphatic carbocycles. The average Bonchev–Trinajstić information content (AvgIpc) is 2.33. The van der Waals surface area contributed by atoms with Gasteiger partial charge >= 0.3 is 12.1 Å². The third kappa shape index (κ3) is 6.78. The van der Waals surface area contributed by atoms with Gasteiger partial charge in [-0.05, 0) is 46.0 Å². The van der Waals surface area contributed by atoms with Crippen molar-refractivity contribution in [1.29, 1.82) is 0 Å². The molecule has 0 aromatic carbocycles. The smallest absolute Gasteiger partial charge is 0.407 e. The summed E-state index contributed by atoms with van der Waals surface area (Å²) in [6, 6.07) is -0.0961. The van der Waals surface area contributed by atoms with E-state index in [0.717, 1.165) is 25.7 Å². The van der Waals surface area contributed by atoms with E-state index < -0.39 is 17.7 Å². The van der Waals surface area contributed by atoms with Crippen LogP contribution in [0, 0.1) is 5.92 Å². The number of hydrogen-bond donors (Lipinski definition) is 2. The van der Waals surface area contributed by atoms with Crippen LogP contribution in [-0.4, -0.2) is 28.8 Å². The summed E-state index contributed by atoms with van der Waals surface area (Å²) in [5, 5.41) is 11.7. The molecular formula is C15H27NO4. The Labute approximate surface area is 121 Å². The molecule has 5 nitrogen and oxygen atoms in total. The van der Waals surface area contributed by atoms with E-state index in [2.05, 4.69) is 5.32 Å². The molecule has 0 aliphatic heterocycles. The van der Waals surface area contributed by atoms with E-state index in [0.29, 0.717) is 12.3 Å². The number of ether oxygens (including phenoxy) is 1. The lowest BCUT2D eigenvalue weighted by Crippen LogP contribution is -2.43.